The minimum absolute atomic E-state index is 0.0972. The van der Waals surface area contributed by atoms with Gasteiger partial charge in [-0.05, 0) is 19.1 Å². The Balaban J connectivity index is 2.16. The first-order chi connectivity index (χ1) is 9.67. The van der Waals surface area contributed by atoms with Crippen LogP contribution in [0, 0.1) is 0 Å². The Kier molecular flexibility index (Phi) is 4.52. The van der Waals surface area contributed by atoms with Crippen molar-refractivity contribution in [2.75, 3.05) is 37.7 Å². The van der Waals surface area contributed by atoms with E-state index >= 15 is 0 Å². The van der Waals surface area contributed by atoms with Crippen LogP contribution in [0.3, 0.4) is 0 Å². The van der Waals surface area contributed by atoms with Crippen LogP contribution in [0.4, 0.5) is 5.82 Å². The minimum atomic E-state index is -0.301. The molecule has 0 spiro atoms. The van der Waals surface area contributed by atoms with Gasteiger partial charge in [-0.25, -0.2) is 4.98 Å². The highest BCUT2D eigenvalue weighted by molar-refractivity contribution is 6.01. The number of pyridine rings is 1. The number of aromatic nitrogens is 1. The summed E-state index contributed by atoms with van der Waals surface area (Å²) in [7, 11) is 0. The molecule has 2 amide bonds. The maximum atomic E-state index is 12.1. The molecule has 1 aliphatic rings. The predicted molar refractivity (Wildman–Crippen MR) is 71.4 cm³/mol. The largest absolute Gasteiger partial charge is 0.480 e. The highest BCUT2D eigenvalue weighted by Crippen LogP contribution is 2.28. The number of hydrogen-bond acceptors (Lipinski definition) is 5. The highest BCUT2D eigenvalue weighted by Gasteiger charge is 2.29. The second-order valence-corrected chi connectivity index (χ2v) is 4.29. The standard InChI is InChI=1S/C13H17N3O4/c1-2-15(6-7-17)11(18)8-16-12(19)9-20-10-4-3-5-14-13(10)16/h3-5,17H,2,6-9H2,1H3. The molecule has 0 aromatic carbocycles. The zero-order valence-corrected chi connectivity index (χ0v) is 11.3. The lowest BCUT2D eigenvalue weighted by Crippen LogP contribution is -2.47. The number of anilines is 1. The number of likely N-dealkylation sites (N-methyl/N-ethyl adjacent to an activating group) is 1. The summed E-state index contributed by atoms with van der Waals surface area (Å²) in [5.41, 5.74) is 0. The first-order valence-corrected chi connectivity index (χ1v) is 6.44. The molecule has 7 heteroatoms. The maximum Gasteiger partial charge on any atom is 0.266 e. The lowest BCUT2D eigenvalue weighted by Gasteiger charge is -2.29. The molecule has 2 heterocycles. The lowest BCUT2D eigenvalue weighted by atomic mass is 10.3. The first-order valence-electron chi connectivity index (χ1n) is 6.44. The fourth-order valence-corrected chi connectivity index (χ4v) is 2.01. The third kappa shape index (κ3) is 2.88. The van der Waals surface area contributed by atoms with Gasteiger partial charge in [0.05, 0.1) is 6.61 Å². The van der Waals surface area contributed by atoms with Crippen LogP contribution in [0.15, 0.2) is 18.3 Å². The van der Waals surface area contributed by atoms with Gasteiger partial charge in [-0.2, -0.15) is 0 Å². The minimum Gasteiger partial charge on any atom is -0.480 e. The molecule has 7 nitrogen and oxygen atoms in total. The molecule has 0 saturated heterocycles. The van der Waals surface area contributed by atoms with Crippen molar-refractivity contribution in [3.8, 4) is 5.75 Å². The molecular weight excluding hydrogens is 262 g/mol. The van der Waals surface area contributed by atoms with Gasteiger partial charge < -0.3 is 14.7 Å². The quantitative estimate of drug-likeness (QED) is 0.796. The number of rotatable bonds is 5. The van der Waals surface area contributed by atoms with E-state index in [-0.39, 0.29) is 38.1 Å². The van der Waals surface area contributed by atoms with Crippen LogP contribution < -0.4 is 9.64 Å². The third-order valence-corrected chi connectivity index (χ3v) is 3.06. The molecule has 0 fully saturated rings. The van der Waals surface area contributed by atoms with Crippen molar-refractivity contribution in [1.29, 1.82) is 0 Å². The second kappa shape index (κ2) is 6.33. The summed E-state index contributed by atoms with van der Waals surface area (Å²) < 4.78 is 5.26. The van der Waals surface area contributed by atoms with Crippen molar-refractivity contribution in [1.82, 2.24) is 9.88 Å². The van der Waals surface area contributed by atoms with Crippen LogP contribution in [-0.4, -0.2) is 59.7 Å². The highest BCUT2D eigenvalue weighted by atomic mass is 16.5. The molecule has 0 aliphatic carbocycles. The predicted octanol–water partition coefficient (Wildman–Crippen LogP) is -0.352. The number of amides is 2. The van der Waals surface area contributed by atoms with Gasteiger partial charge in [0.15, 0.2) is 18.2 Å². The number of fused-ring (bicyclic) bond motifs is 1. The summed E-state index contributed by atoms with van der Waals surface area (Å²) in [5.74, 6) is 0.320. The van der Waals surface area contributed by atoms with Gasteiger partial charge >= 0.3 is 0 Å². The van der Waals surface area contributed by atoms with E-state index in [2.05, 4.69) is 4.98 Å². The van der Waals surface area contributed by atoms with Crippen molar-refractivity contribution in [3.63, 3.8) is 0 Å². The molecule has 1 N–H and O–H groups in total. The molecule has 0 atom stereocenters. The van der Waals surface area contributed by atoms with Crippen molar-refractivity contribution < 1.29 is 19.4 Å². The van der Waals surface area contributed by atoms with E-state index in [4.69, 9.17) is 9.84 Å². The van der Waals surface area contributed by atoms with Gasteiger partial charge in [-0.15, -0.1) is 0 Å². The van der Waals surface area contributed by atoms with E-state index in [1.54, 1.807) is 18.3 Å². The Bertz CT molecular complexity index is 506. The average Bonchev–Trinajstić information content (AvgIpc) is 2.47. The Hall–Kier alpha value is -2.15. The van der Waals surface area contributed by atoms with Crippen LogP contribution in [0.25, 0.3) is 0 Å². The van der Waals surface area contributed by atoms with Crippen molar-refractivity contribution in [3.05, 3.63) is 18.3 Å². The lowest BCUT2D eigenvalue weighted by molar-refractivity contribution is -0.132. The molecule has 1 aromatic heterocycles. The van der Waals surface area contributed by atoms with Gasteiger partial charge in [-0.3, -0.25) is 14.5 Å². The number of nitrogens with zero attached hydrogens (tertiary/aromatic N) is 3. The number of aliphatic hydroxyl groups is 1. The summed E-state index contributed by atoms with van der Waals surface area (Å²) in [6.45, 7) is 2.25. The molecule has 0 saturated carbocycles. The number of carbonyl (C=O) groups excluding carboxylic acids is 2. The van der Waals surface area contributed by atoms with Gasteiger partial charge in [0.1, 0.15) is 6.54 Å². The van der Waals surface area contributed by atoms with Gasteiger partial charge in [0, 0.05) is 19.3 Å². The maximum absolute atomic E-state index is 12.1. The van der Waals surface area contributed by atoms with E-state index in [9.17, 15) is 9.59 Å². The second-order valence-electron chi connectivity index (χ2n) is 4.29. The van der Waals surface area contributed by atoms with E-state index in [1.165, 1.54) is 9.80 Å². The number of hydrogen-bond donors (Lipinski definition) is 1. The first kappa shape index (κ1) is 14.3. The molecule has 108 valence electrons. The van der Waals surface area contributed by atoms with Crippen LogP contribution in [0.1, 0.15) is 6.92 Å². The Morgan fingerprint density at radius 1 is 1.60 bits per heavy atom. The Morgan fingerprint density at radius 3 is 3.10 bits per heavy atom. The van der Waals surface area contributed by atoms with Crippen LogP contribution in [0.5, 0.6) is 5.75 Å². The van der Waals surface area contributed by atoms with E-state index in [1.807, 2.05) is 6.92 Å². The van der Waals surface area contributed by atoms with Gasteiger partial charge in [-0.1, -0.05) is 0 Å². The van der Waals surface area contributed by atoms with E-state index in [0.29, 0.717) is 18.1 Å². The monoisotopic (exact) mass is 279 g/mol. The number of carbonyl (C=O) groups is 2. The Morgan fingerprint density at radius 2 is 2.40 bits per heavy atom. The molecule has 1 aliphatic heterocycles. The molecule has 0 unspecified atom stereocenters. The van der Waals surface area contributed by atoms with Crippen LogP contribution in [-0.2, 0) is 9.59 Å². The molecule has 2 rings (SSSR count). The Labute approximate surface area is 116 Å². The zero-order valence-electron chi connectivity index (χ0n) is 11.3. The summed E-state index contributed by atoms with van der Waals surface area (Å²) >= 11 is 0. The van der Waals surface area contributed by atoms with Crippen molar-refractivity contribution in [2.24, 2.45) is 0 Å². The summed E-state index contributed by atoms with van der Waals surface area (Å²) in [4.78, 5) is 30.9. The molecular formula is C13H17N3O4. The van der Waals surface area contributed by atoms with Gasteiger partial charge in [0.25, 0.3) is 5.91 Å². The van der Waals surface area contributed by atoms with Gasteiger partial charge in [0.2, 0.25) is 5.91 Å². The number of aliphatic hydroxyl groups excluding tert-OH is 1. The smallest absolute Gasteiger partial charge is 0.266 e. The summed E-state index contributed by atoms with van der Waals surface area (Å²) in [6.07, 6.45) is 1.55. The molecule has 20 heavy (non-hydrogen) atoms. The molecule has 1 aromatic rings. The average molecular weight is 279 g/mol. The SMILES string of the molecule is CCN(CCO)C(=O)CN1C(=O)COc2cccnc21. The van der Waals surface area contributed by atoms with E-state index in [0.717, 1.165) is 0 Å². The molecule has 0 radical (unpaired) electrons. The van der Waals surface area contributed by atoms with Crippen LogP contribution >= 0.6 is 0 Å². The van der Waals surface area contributed by atoms with E-state index < -0.39 is 0 Å². The van der Waals surface area contributed by atoms with Crippen molar-refractivity contribution in [2.45, 2.75) is 6.92 Å². The normalized spacial score (nSPS) is 13.7. The fraction of sp³-hybridized carbons (Fsp3) is 0.462. The van der Waals surface area contributed by atoms with Crippen LogP contribution in [0.2, 0.25) is 0 Å². The number of ether oxygens (including phenoxy) is 1. The van der Waals surface area contributed by atoms with Crippen molar-refractivity contribution >= 4 is 17.6 Å². The topological polar surface area (TPSA) is 83.0 Å². The fourth-order valence-electron chi connectivity index (χ4n) is 2.01. The third-order valence-electron chi connectivity index (χ3n) is 3.06. The molecule has 0 bridgehead atoms. The summed E-state index contributed by atoms with van der Waals surface area (Å²) in [5, 5.41) is 8.93. The zero-order chi connectivity index (χ0) is 14.5. The summed E-state index contributed by atoms with van der Waals surface area (Å²) in [6, 6.07) is 3.41.